The number of hydrogen-bond acceptors (Lipinski definition) is 5. The van der Waals surface area contributed by atoms with Crippen LogP contribution in [0.2, 0.25) is 0 Å². The number of aliphatic hydroxyl groups excluding tert-OH is 1. The van der Waals surface area contributed by atoms with Crippen molar-refractivity contribution in [2.24, 2.45) is 0 Å². The molecule has 0 unspecified atom stereocenters. The molecule has 0 bridgehead atoms. The fourth-order valence-corrected chi connectivity index (χ4v) is 3.87. The molecule has 154 valence electrons. The summed E-state index contributed by atoms with van der Waals surface area (Å²) in [4.78, 5) is 26.4. The van der Waals surface area contributed by atoms with E-state index in [2.05, 4.69) is 10.6 Å². The number of hydrogen-bond donors (Lipinski definition) is 3. The van der Waals surface area contributed by atoms with Crippen LogP contribution < -0.4 is 10.6 Å². The number of aryl methyl sites for hydroxylation is 1. The van der Waals surface area contributed by atoms with Crippen molar-refractivity contribution in [3.63, 3.8) is 0 Å². The number of ether oxygens (including phenoxy) is 1. The molecule has 1 aromatic rings. The normalized spacial score (nSPS) is 22.8. The summed E-state index contributed by atoms with van der Waals surface area (Å²) in [6, 6.07) is 5.45. The van der Waals surface area contributed by atoms with Gasteiger partial charge in [0.25, 0.3) is 0 Å². The quantitative estimate of drug-likeness (QED) is 0.692. The zero-order valence-electron chi connectivity index (χ0n) is 16.7. The van der Waals surface area contributed by atoms with E-state index < -0.39 is 12.3 Å². The Hall–Kier alpha value is -2.12. The molecule has 0 radical (unpaired) electrons. The molecule has 2 heterocycles. The Labute approximate surface area is 166 Å². The number of rotatable bonds is 6. The second-order valence-electron chi connectivity index (χ2n) is 7.63. The van der Waals surface area contributed by atoms with Gasteiger partial charge in [-0.25, -0.2) is 0 Å². The minimum Gasteiger partial charge on any atom is -0.371 e. The Balaban J connectivity index is 1.56. The van der Waals surface area contributed by atoms with Gasteiger partial charge in [0.15, 0.2) is 0 Å². The number of benzene rings is 1. The van der Waals surface area contributed by atoms with Crippen LogP contribution in [-0.2, 0) is 20.7 Å². The molecule has 3 atom stereocenters. The number of carbonyl (C=O) groups is 2. The summed E-state index contributed by atoms with van der Waals surface area (Å²) in [6.45, 7) is 5.62. The van der Waals surface area contributed by atoms with Crippen LogP contribution >= 0.6 is 0 Å². The topological polar surface area (TPSA) is 90.9 Å². The lowest BCUT2D eigenvalue weighted by molar-refractivity contribution is -0.135. The first-order valence-electron chi connectivity index (χ1n) is 10.2. The van der Waals surface area contributed by atoms with Gasteiger partial charge in [0.05, 0.1) is 12.7 Å². The predicted molar refractivity (Wildman–Crippen MR) is 107 cm³/mol. The molecule has 28 heavy (non-hydrogen) atoms. The first-order chi connectivity index (χ1) is 13.5. The summed E-state index contributed by atoms with van der Waals surface area (Å²) in [5.74, 6) is -0.115. The summed E-state index contributed by atoms with van der Waals surface area (Å²) < 4.78 is 5.77. The van der Waals surface area contributed by atoms with Crippen molar-refractivity contribution < 1.29 is 19.4 Å². The van der Waals surface area contributed by atoms with E-state index in [1.807, 2.05) is 30.0 Å². The Morgan fingerprint density at radius 2 is 2.11 bits per heavy atom. The Morgan fingerprint density at radius 1 is 1.36 bits per heavy atom. The average Bonchev–Trinajstić information content (AvgIpc) is 3.16. The maximum atomic E-state index is 12.3. The van der Waals surface area contributed by atoms with E-state index in [9.17, 15) is 14.7 Å². The molecule has 2 amide bonds. The van der Waals surface area contributed by atoms with Gasteiger partial charge < -0.3 is 25.4 Å². The molecule has 0 aliphatic carbocycles. The third-order valence-corrected chi connectivity index (χ3v) is 5.42. The van der Waals surface area contributed by atoms with Crippen LogP contribution in [0.15, 0.2) is 18.2 Å². The number of aliphatic hydroxyl groups is 1. The Kier molecular flexibility index (Phi) is 6.91. The highest BCUT2D eigenvalue weighted by Gasteiger charge is 2.25. The second-order valence-corrected chi connectivity index (χ2v) is 7.63. The standard InChI is InChI=1S/C21H31N3O4/c1-3-18-16-12-15(6-8-17(16)23-20(26)13-28-18)7-9-19(25)22-14(2)21(27)24-10-4-5-11-24/h6,8,12,14,18,20,23,26H,3-5,7,9-11,13H2,1-2H3,(H,22,25)/t14-,18-,20-/m1/s1. The molecule has 2 aliphatic rings. The summed E-state index contributed by atoms with van der Waals surface area (Å²) in [5.41, 5.74) is 2.91. The van der Waals surface area contributed by atoms with Crippen molar-refractivity contribution in [3.8, 4) is 0 Å². The highest BCUT2D eigenvalue weighted by atomic mass is 16.5. The smallest absolute Gasteiger partial charge is 0.244 e. The van der Waals surface area contributed by atoms with Crippen LogP contribution in [0.3, 0.4) is 0 Å². The highest BCUT2D eigenvalue weighted by molar-refractivity contribution is 5.87. The fraction of sp³-hybridized carbons (Fsp3) is 0.619. The van der Waals surface area contributed by atoms with E-state index in [0.29, 0.717) is 12.8 Å². The minimum absolute atomic E-state index is 0.00319. The summed E-state index contributed by atoms with van der Waals surface area (Å²) in [5, 5.41) is 15.8. The van der Waals surface area contributed by atoms with Gasteiger partial charge in [-0.15, -0.1) is 0 Å². The molecule has 0 aromatic heterocycles. The molecular formula is C21H31N3O4. The van der Waals surface area contributed by atoms with Gasteiger partial charge in [0, 0.05) is 30.8 Å². The first kappa shape index (κ1) is 20.6. The summed E-state index contributed by atoms with van der Waals surface area (Å²) in [7, 11) is 0. The number of amides is 2. The highest BCUT2D eigenvalue weighted by Crippen LogP contribution is 2.32. The van der Waals surface area contributed by atoms with Gasteiger partial charge in [-0.05, 0) is 44.2 Å². The van der Waals surface area contributed by atoms with Crippen LogP contribution in [-0.4, -0.2) is 53.8 Å². The maximum absolute atomic E-state index is 12.3. The molecule has 1 saturated heterocycles. The van der Waals surface area contributed by atoms with Crippen molar-refractivity contribution in [2.75, 3.05) is 25.0 Å². The number of fused-ring (bicyclic) bond motifs is 1. The molecule has 7 nitrogen and oxygen atoms in total. The fourth-order valence-electron chi connectivity index (χ4n) is 3.87. The van der Waals surface area contributed by atoms with Crippen LogP contribution in [0.4, 0.5) is 5.69 Å². The van der Waals surface area contributed by atoms with E-state index in [0.717, 1.165) is 49.2 Å². The van der Waals surface area contributed by atoms with Gasteiger partial charge in [-0.1, -0.05) is 19.1 Å². The monoisotopic (exact) mass is 389 g/mol. The molecule has 7 heteroatoms. The maximum Gasteiger partial charge on any atom is 0.244 e. The molecule has 3 N–H and O–H groups in total. The zero-order valence-corrected chi connectivity index (χ0v) is 16.7. The van der Waals surface area contributed by atoms with Crippen LogP contribution in [0, 0.1) is 0 Å². The number of likely N-dealkylation sites (tertiary alicyclic amines) is 1. The Morgan fingerprint density at radius 3 is 2.82 bits per heavy atom. The third kappa shape index (κ3) is 5.02. The largest absolute Gasteiger partial charge is 0.371 e. The second kappa shape index (κ2) is 9.39. The lowest BCUT2D eigenvalue weighted by Crippen LogP contribution is -2.46. The van der Waals surface area contributed by atoms with Gasteiger partial charge in [-0.2, -0.15) is 0 Å². The minimum atomic E-state index is -0.721. The SMILES string of the molecule is CC[C@H]1OC[C@@H](O)Nc2ccc(CCC(=O)N[C@H](C)C(=O)N3CCCC3)cc21. The van der Waals surface area contributed by atoms with Gasteiger partial charge in [0.1, 0.15) is 12.3 Å². The third-order valence-electron chi connectivity index (χ3n) is 5.42. The molecule has 3 rings (SSSR count). The molecule has 2 aliphatic heterocycles. The number of carbonyl (C=O) groups excluding carboxylic acids is 2. The van der Waals surface area contributed by atoms with Crippen molar-refractivity contribution in [1.82, 2.24) is 10.2 Å². The Bertz CT molecular complexity index is 703. The van der Waals surface area contributed by atoms with E-state index in [4.69, 9.17) is 4.74 Å². The van der Waals surface area contributed by atoms with Crippen LogP contribution in [0.5, 0.6) is 0 Å². The van der Waals surface area contributed by atoms with Crippen molar-refractivity contribution >= 4 is 17.5 Å². The zero-order chi connectivity index (χ0) is 20.1. The molecule has 1 aromatic carbocycles. The molecule has 1 fully saturated rings. The lowest BCUT2D eigenvalue weighted by Gasteiger charge is -2.21. The molecular weight excluding hydrogens is 358 g/mol. The molecule has 0 saturated carbocycles. The first-order valence-corrected chi connectivity index (χ1v) is 10.2. The lowest BCUT2D eigenvalue weighted by atomic mass is 9.99. The summed E-state index contributed by atoms with van der Waals surface area (Å²) >= 11 is 0. The number of nitrogens with one attached hydrogen (secondary N) is 2. The van der Waals surface area contributed by atoms with Gasteiger partial charge in [0.2, 0.25) is 11.8 Å². The summed E-state index contributed by atoms with van der Waals surface area (Å²) in [6.07, 6.45) is 3.00. The van der Waals surface area contributed by atoms with Gasteiger partial charge >= 0.3 is 0 Å². The van der Waals surface area contributed by atoms with E-state index in [-0.39, 0.29) is 24.5 Å². The predicted octanol–water partition coefficient (Wildman–Crippen LogP) is 1.96. The van der Waals surface area contributed by atoms with Crippen LogP contribution in [0.25, 0.3) is 0 Å². The van der Waals surface area contributed by atoms with E-state index in [1.54, 1.807) is 6.92 Å². The van der Waals surface area contributed by atoms with E-state index in [1.165, 1.54) is 0 Å². The number of nitrogens with zero attached hydrogens (tertiary/aromatic N) is 1. The van der Waals surface area contributed by atoms with Crippen molar-refractivity contribution in [1.29, 1.82) is 0 Å². The number of anilines is 1. The van der Waals surface area contributed by atoms with Crippen molar-refractivity contribution in [2.45, 2.75) is 64.3 Å². The van der Waals surface area contributed by atoms with Gasteiger partial charge in [-0.3, -0.25) is 9.59 Å². The van der Waals surface area contributed by atoms with Crippen LogP contribution in [0.1, 0.15) is 56.8 Å². The van der Waals surface area contributed by atoms with Crippen molar-refractivity contribution in [3.05, 3.63) is 29.3 Å². The molecule has 0 spiro atoms. The van der Waals surface area contributed by atoms with E-state index >= 15 is 0 Å². The average molecular weight is 389 g/mol.